The topological polar surface area (TPSA) is 60.5 Å². The van der Waals surface area contributed by atoms with Crippen molar-refractivity contribution in [1.82, 2.24) is 9.55 Å². The monoisotopic (exact) mass is 707 g/mol. The predicted octanol–water partition coefficient (Wildman–Crippen LogP) is 13.9. The number of anilines is 3. The van der Waals surface area contributed by atoms with Gasteiger partial charge in [0.25, 0.3) is 0 Å². The van der Waals surface area contributed by atoms with Crippen molar-refractivity contribution in [3.8, 4) is 17.1 Å². The summed E-state index contributed by atoms with van der Waals surface area (Å²) in [5, 5.41) is 6.37. The van der Waals surface area contributed by atoms with Crippen LogP contribution in [0.2, 0.25) is 0 Å². The minimum atomic E-state index is 0.577. The van der Waals surface area contributed by atoms with Crippen LogP contribution in [-0.2, 0) is 0 Å². The highest BCUT2D eigenvalue weighted by molar-refractivity contribution is 6.21. The molecule has 4 heterocycles. The summed E-state index contributed by atoms with van der Waals surface area (Å²) >= 11 is 0. The first-order chi connectivity index (χ1) is 27.3. The van der Waals surface area contributed by atoms with E-state index in [4.69, 9.17) is 18.2 Å². The molecule has 12 rings (SSSR count). The molecule has 0 aliphatic carbocycles. The summed E-state index contributed by atoms with van der Waals surface area (Å²) in [4.78, 5) is 7.34. The van der Waals surface area contributed by atoms with E-state index in [1.165, 1.54) is 5.39 Å². The number of furan rings is 2. The molecule has 0 atom stereocenters. The fourth-order valence-corrected chi connectivity index (χ4v) is 8.48. The highest BCUT2D eigenvalue weighted by atomic mass is 16.4. The Morgan fingerprint density at radius 3 is 1.82 bits per heavy atom. The standard InChI is InChI=1S/C49H29N3O3/c1-3-14-30(15-4-1)49-50-36-28-35-44(29-45(36)55-49)54-43-27-13-23-39(47(35)43)52(38-22-12-26-42-46(38)34-19-8-10-25-41(34)53-42)40-24-11-20-33-32-18-7-9-21-37(32)51(48(33)40)31-16-5-2-6-17-31/h1-29H. The fourth-order valence-electron chi connectivity index (χ4n) is 8.48. The van der Waals surface area contributed by atoms with E-state index in [1.54, 1.807) is 0 Å². The van der Waals surface area contributed by atoms with Gasteiger partial charge in [0, 0.05) is 38.9 Å². The lowest BCUT2D eigenvalue weighted by atomic mass is 10.0. The van der Waals surface area contributed by atoms with Gasteiger partial charge in [0.05, 0.1) is 38.9 Å². The van der Waals surface area contributed by atoms with Crippen LogP contribution in [-0.4, -0.2) is 9.55 Å². The molecule has 0 saturated heterocycles. The Labute approximate surface area is 313 Å². The van der Waals surface area contributed by atoms with Crippen molar-refractivity contribution < 1.29 is 13.3 Å². The summed E-state index contributed by atoms with van der Waals surface area (Å²) in [6.07, 6.45) is 0. The summed E-state index contributed by atoms with van der Waals surface area (Å²) in [5.74, 6) is 0.577. The lowest BCUT2D eigenvalue weighted by molar-refractivity contribution is 0.617. The molecule has 55 heavy (non-hydrogen) atoms. The summed E-state index contributed by atoms with van der Waals surface area (Å²) in [6.45, 7) is 0. The zero-order valence-corrected chi connectivity index (χ0v) is 29.3. The maximum absolute atomic E-state index is 6.67. The van der Waals surface area contributed by atoms with E-state index in [0.29, 0.717) is 11.5 Å². The van der Waals surface area contributed by atoms with Crippen molar-refractivity contribution in [3.05, 3.63) is 176 Å². The van der Waals surface area contributed by atoms with Crippen LogP contribution in [0.25, 0.3) is 93.9 Å². The second-order valence-corrected chi connectivity index (χ2v) is 13.9. The van der Waals surface area contributed by atoms with E-state index in [0.717, 1.165) is 94.1 Å². The smallest absolute Gasteiger partial charge is 0.227 e. The van der Waals surface area contributed by atoms with Crippen LogP contribution in [0.3, 0.4) is 0 Å². The molecule has 0 aliphatic rings. The van der Waals surface area contributed by atoms with Gasteiger partial charge in [-0.15, -0.1) is 0 Å². The Morgan fingerprint density at radius 1 is 0.418 bits per heavy atom. The van der Waals surface area contributed by atoms with Crippen LogP contribution < -0.4 is 4.90 Å². The first-order valence-electron chi connectivity index (χ1n) is 18.4. The van der Waals surface area contributed by atoms with Gasteiger partial charge in [0.1, 0.15) is 27.8 Å². The number of fused-ring (bicyclic) bond motifs is 10. The lowest BCUT2D eigenvalue weighted by Gasteiger charge is -2.28. The van der Waals surface area contributed by atoms with Crippen LogP contribution in [0.4, 0.5) is 17.1 Å². The maximum atomic E-state index is 6.67. The zero-order chi connectivity index (χ0) is 36.0. The Balaban J connectivity index is 1.22. The average molecular weight is 708 g/mol. The number of hydrogen-bond donors (Lipinski definition) is 0. The van der Waals surface area contributed by atoms with Crippen molar-refractivity contribution in [2.45, 2.75) is 0 Å². The Kier molecular flexibility index (Phi) is 6.24. The number of rotatable bonds is 5. The maximum Gasteiger partial charge on any atom is 0.227 e. The van der Waals surface area contributed by atoms with E-state index >= 15 is 0 Å². The van der Waals surface area contributed by atoms with Crippen LogP contribution in [0, 0.1) is 0 Å². The third-order valence-electron chi connectivity index (χ3n) is 10.8. The molecule has 12 aromatic rings. The fraction of sp³-hybridized carbons (Fsp3) is 0. The van der Waals surface area contributed by atoms with Gasteiger partial charge in [-0.1, -0.05) is 97.1 Å². The molecule has 0 amide bonds. The largest absolute Gasteiger partial charge is 0.456 e. The molecule has 0 aliphatic heterocycles. The van der Waals surface area contributed by atoms with Crippen LogP contribution >= 0.6 is 0 Å². The Hall–Kier alpha value is -7.57. The molecule has 0 unspecified atom stereocenters. The van der Waals surface area contributed by atoms with Crippen molar-refractivity contribution >= 4 is 93.8 Å². The molecule has 0 radical (unpaired) electrons. The molecule has 0 saturated carbocycles. The summed E-state index contributed by atoms with van der Waals surface area (Å²) in [5.41, 5.74) is 11.8. The second kappa shape index (κ2) is 11.5. The molecular weight excluding hydrogens is 679 g/mol. The summed E-state index contributed by atoms with van der Waals surface area (Å²) in [7, 11) is 0. The third-order valence-corrected chi connectivity index (χ3v) is 10.8. The van der Waals surface area contributed by atoms with Crippen LogP contribution in [0.1, 0.15) is 0 Å². The van der Waals surface area contributed by atoms with Crippen molar-refractivity contribution in [2.75, 3.05) is 4.90 Å². The molecule has 0 bridgehead atoms. The first-order valence-corrected chi connectivity index (χ1v) is 18.4. The number of benzene rings is 8. The van der Waals surface area contributed by atoms with Gasteiger partial charge in [-0.05, 0) is 72.8 Å². The van der Waals surface area contributed by atoms with E-state index < -0.39 is 0 Å². The first kappa shape index (κ1) is 29.9. The number of aromatic nitrogens is 2. The molecule has 4 aromatic heterocycles. The number of nitrogens with zero attached hydrogens (tertiary/aromatic N) is 3. The molecule has 6 heteroatoms. The minimum absolute atomic E-state index is 0.577. The predicted molar refractivity (Wildman–Crippen MR) is 223 cm³/mol. The molecular formula is C49H29N3O3. The second-order valence-electron chi connectivity index (χ2n) is 13.9. The summed E-state index contributed by atoms with van der Waals surface area (Å²) < 4.78 is 21.9. The summed E-state index contributed by atoms with van der Waals surface area (Å²) in [6, 6.07) is 60.9. The van der Waals surface area contributed by atoms with Gasteiger partial charge < -0.3 is 22.7 Å². The van der Waals surface area contributed by atoms with E-state index in [2.05, 4.69) is 131 Å². The van der Waals surface area contributed by atoms with E-state index in [-0.39, 0.29) is 0 Å². The third kappa shape index (κ3) is 4.39. The minimum Gasteiger partial charge on any atom is -0.456 e. The lowest BCUT2D eigenvalue weighted by Crippen LogP contribution is -2.12. The van der Waals surface area contributed by atoms with E-state index in [9.17, 15) is 0 Å². The van der Waals surface area contributed by atoms with Gasteiger partial charge in [0.2, 0.25) is 5.89 Å². The van der Waals surface area contributed by atoms with Gasteiger partial charge >= 0.3 is 0 Å². The van der Waals surface area contributed by atoms with Gasteiger partial charge in [-0.25, -0.2) is 4.98 Å². The van der Waals surface area contributed by atoms with Crippen molar-refractivity contribution in [1.29, 1.82) is 0 Å². The average Bonchev–Trinajstić information content (AvgIpc) is 4.01. The van der Waals surface area contributed by atoms with Gasteiger partial charge in [-0.2, -0.15) is 0 Å². The molecule has 0 N–H and O–H groups in total. The Bertz CT molecular complexity index is 3440. The van der Waals surface area contributed by atoms with Crippen LogP contribution in [0.15, 0.2) is 189 Å². The molecule has 6 nitrogen and oxygen atoms in total. The molecule has 0 spiro atoms. The van der Waals surface area contributed by atoms with Crippen molar-refractivity contribution in [3.63, 3.8) is 0 Å². The quantitative estimate of drug-likeness (QED) is 0.178. The van der Waals surface area contributed by atoms with Crippen molar-refractivity contribution in [2.24, 2.45) is 0 Å². The number of oxazole rings is 1. The number of hydrogen-bond acceptors (Lipinski definition) is 5. The van der Waals surface area contributed by atoms with E-state index in [1.807, 2.05) is 54.6 Å². The highest BCUT2D eigenvalue weighted by Crippen LogP contribution is 2.50. The van der Waals surface area contributed by atoms with Gasteiger partial charge in [-0.3, -0.25) is 0 Å². The van der Waals surface area contributed by atoms with Crippen LogP contribution in [0.5, 0.6) is 0 Å². The zero-order valence-electron chi connectivity index (χ0n) is 29.3. The molecule has 0 fully saturated rings. The number of para-hydroxylation sites is 4. The SMILES string of the molecule is c1ccc(-c2nc3cc4c(cc3o2)oc2cccc(N(c3cccc5oc6ccccc6c35)c3cccc5c6ccccc6n(-c6ccccc6)c35)c24)cc1. The van der Waals surface area contributed by atoms with Gasteiger partial charge in [0.15, 0.2) is 5.58 Å². The Morgan fingerprint density at radius 2 is 1.02 bits per heavy atom. The highest BCUT2D eigenvalue weighted by Gasteiger charge is 2.27. The normalized spacial score (nSPS) is 12.0. The molecule has 8 aromatic carbocycles. The molecule has 258 valence electrons.